The number of nitrogens with zero attached hydrogens (tertiary/aromatic N) is 4. The number of benzene rings is 1. The Balaban J connectivity index is 1.22. The van der Waals surface area contributed by atoms with E-state index in [-0.39, 0.29) is 24.6 Å². The van der Waals surface area contributed by atoms with E-state index in [1.54, 1.807) is 11.1 Å². The molecule has 43 heavy (non-hydrogen) atoms. The minimum Gasteiger partial charge on any atom is -0.444 e. The van der Waals surface area contributed by atoms with E-state index in [1.807, 2.05) is 71.9 Å². The van der Waals surface area contributed by atoms with Crippen molar-refractivity contribution in [3.8, 4) is 11.1 Å². The third-order valence-electron chi connectivity index (χ3n) is 7.48. The van der Waals surface area contributed by atoms with Gasteiger partial charge in [-0.3, -0.25) is 19.6 Å². The van der Waals surface area contributed by atoms with E-state index in [9.17, 15) is 14.4 Å². The van der Waals surface area contributed by atoms with Crippen LogP contribution < -0.4 is 5.32 Å². The number of fused-ring (bicyclic) bond motifs is 1. The van der Waals surface area contributed by atoms with Crippen molar-refractivity contribution < 1.29 is 23.9 Å². The van der Waals surface area contributed by atoms with Crippen LogP contribution in [0.2, 0.25) is 0 Å². The van der Waals surface area contributed by atoms with E-state index < -0.39 is 23.3 Å². The van der Waals surface area contributed by atoms with E-state index in [0.717, 1.165) is 47.2 Å². The Morgan fingerprint density at radius 3 is 2.23 bits per heavy atom. The number of aromatic amines is 1. The molecule has 0 spiro atoms. The predicted octanol–water partition coefficient (Wildman–Crippen LogP) is 5.71. The number of hydrogen-bond donors (Lipinski definition) is 2. The highest BCUT2D eigenvalue weighted by Crippen LogP contribution is 2.33. The van der Waals surface area contributed by atoms with Gasteiger partial charge in [0.1, 0.15) is 23.1 Å². The maximum atomic E-state index is 12.9. The number of amides is 3. The van der Waals surface area contributed by atoms with Gasteiger partial charge in [0.15, 0.2) is 0 Å². The number of nitrogens with one attached hydrogen (secondary N) is 2. The molecule has 2 aliphatic heterocycles. The molecule has 0 saturated carbocycles. The van der Waals surface area contributed by atoms with Gasteiger partial charge in [0.2, 0.25) is 5.91 Å². The number of ether oxygens (including phenoxy) is 2. The maximum Gasteiger partial charge on any atom is 0.410 e. The monoisotopic (exact) mass is 590 g/mol. The molecule has 230 valence electrons. The lowest BCUT2D eigenvalue weighted by atomic mass is 10.1. The highest BCUT2D eigenvalue weighted by atomic mass is 16.6. The maximum absolute atomic E-state index is 12.9. The summed E-state index contributed by atoms with van der Waals surface area (Å²) in [4.78, 5) is 54.3. The highest BCUT2D eigenvalue weighted by molar-refractivity contribution is 5.86. The molecule has 3 amide bonds. The number of hydrogen-bond acceptors (Lipinski definition) is 7. The van der Waals surface area contributed by atoms with Crippen LogP contribution >= 0.6 is 0 Å². The summed E-state index contributed by atoms with van der Waals surface area (Å²) in [5.74, 6) is 0.550. The normalized spacial score (nSPS) is 19.1. The van der Waals surface area contributed by atoms with Crippen molar-refractivity contribution >= 4 is 29.1 Å². The van der Waals surface area contributed by atoms with Gasteiger partial charge in [-0.25, -0.2) is 14.6 Å². The van der Waals surface area contributed by atoms with Crippen molar-refractivity contribution in [2.75, 3.05) is 13.1 Å². The fourth-order valence-corrected chi connectivity index (χ4v) is 5.53. The van der Waals surface area contributed by atoms with Crippen LogP contribution in [-0.2, 0) is 20.8 Å². The molecule has 0 bridgehead atoms. The summed E-state index contributed by atoms with van der Waals surface area (Å²) in [5.41, 5.74) is 3.15. The summed E-state index contributed by atoms with van der Waals surface area (Å²) in [5, 5.41) is 2.92. The predicted molar refractivity (Wildman–Crippen MR) is 162 cm³/mol. The van der Waals surface area contributed by atoms with Crippen molar-refractivity contribution in [2.24, 2.45) is 0 Å². The molecule has 2 N–H and O–H groups in total. The van der Waals surface area contributed by atoms with Gasteiger partial charge in [0, 0.05) is 24.8 Å². The molecule has 3 aromatic rings. The van der Waals surface area contributed by atoms with Gasteiger partial charge in [0.25, 0.3) is 0 Å². The number of imidazole rings is 1. The second kappa shape index (κ2) is 11.9. The Morgan fingerprint density at radius 1 is 0.907 bits per heavy atom. The van der Waals surface area contributed by atoms with Crippen LogP contribution in [0, 0.1) is 0 Å². The number of pyridine rings is 1. The zero-order chi connectivity index (χ0) is 30.9. The van der Waals surface area contributed by atoms with Crippen molar-refractivity contribution in [1.82, 2.24) is 30.1 Å². The van der Waals surface area contributed by atoms with Crippen LogP contribution in [0.5, 0.6) is 0 Å². The summed E-state index contributed by atoms with van der Waals surface area (Å²) < 4.78 is 11.1. The molecular formula is C32H42N6O5. The average molecular weight is 591 g/mol. The van der Waals surface area contributed by atoms with E-state index in [1.165, 1.54) is 4.90 Å². The summed E-state index contributed by atoms with van der Waals surface area (Å²) in [7, 11) is 0. The number of aromatic nitrogens is 3. The van der Waals surface area contributed by atoms with Gasteiger partial charge in [-0.2, -0.15) is 0 Å². The molecule has 2 saturated heterocycles. The molecule has 4 heterocycles. The molecule has 5 rings (SSSR count). The van der Waals surface area contributed by atoms with Gasteiger partial charge in [-0.1, -0.05) is 12.1 Å². The molecule has 0 radical (unpaired) electrons. The first-order valence-corrected chi connectivity index (χ1v) is 15.0. The minimum atomic E-state index is -0.616. The molecule has 2 fully saturated rings. The van der Waals surface area contributed by atoms with Gasteiger partial charge in [-0.15, -0.1) is 0 Å². The quantitative estimate of drug-likeness (QED) is 0.389. The number of carbonyl (C=O) groups is 3. The largest absolute Gasteiger partial charge is 0.444 e. The molecular weight excluding hydrogens is 548 g/mol. The lowest BCUT2D eigenvalue weighted by Gasteiger charge is -2.28. The van der Waals surface area contributed by atoms with Crippen molar-refractivity contribution in [1.29, 1.82) is 0 Å². The fraction of sp³-hybridized carbons (Fsp3) is 0.531. The number of likely N-dealkylation sites (tertiary alicyclic amines) is 2. The molecule has 2 aliphatic rings. The van der Waals surface area contributed by atoms with Crippen molar-refractivity contribution in [3.63, 3.8) is 0 Å². The Morgan fingerprint density at radius 2 is 1.56 bits per heavy atom. The molecule has 11 nitrogen and oxygen atoms in total. The first-order valence-electron chi connectivity index (χ1n) is 15.0. The number of rotatable bonds is 5. The zero-order valence-electron chi connectivity index (χ0n) is 25.9. The third kappa shape index (κ3) is 7.26. The second-order valence-electron chi connectivity index (χ2n) is 13.3. The number of H-pyrrole nitrogens is 1. The summed E-state index contributed by atoms with van der Waals surface area (Å²) in [6.45, 7) is 12.5. The van der Waals surface area contributed by atoms with Gasteiger partial charge >= 0.3 is 12.2 Å². The van der Waals surface area contributed by atoms with Gasteiger partial charge in [0.05, 0.1) is 29.3 Å². The third-order valence-corrected chi connectivity index (χ3v) is 7.48. The Hall–Kier alpha value is -4.15. The van der Waals surface area contributed by atoms with E-state index in [2.05, 4.69) is 15.3 Å². The molecule has 11 heteroatoms. The molecule has 2 atom stereocenters. The smallest absolute Gasteiger partial charge is 0.410 e. The van der Waals surface area contributed by atoms with Crippen molar-refractivity contribution in [3.05, 3.63) is 48.0 Å². The van der Waals surface area contributed by atoms with Gasteiger partial charge < -0.3 is 19.8 Å². The van der Waals surface area contributed by atoms with Crippen LogP contribution in [-0.4, -0.2) is 73.2 Å². The summed E-state index contributed by atoms with van der Waals surface area (Å²) >= 11 is 0. The molecule has 2 unspecified atom stereocenters. The zero-order valence-corrected chi connectivity index (χ0v) is 25.9. The first-order chi connectivity index (χ1) is 20.3. The standard InChI is InChI=1S/C32H42N6O5/c1-31(2,3)42-29(40)37-15-7-9-25(37)27-35-23-14-12-20(17-24(23)36-27)21-11-13-22(33-18-21)19-34-28(39)26-10-8-16-38(26)30(41)43-32(4,5)6/h11-14,17-18,25-26H,7-10,15-16,19H2,1-6H3,(H,34,39)(H,35,36). The summed E-state index contributed by atoms with van der Waals surface area (Å²) in [6, 6.07) is 9.15. The first kappa shape index (κ1) is 30.3. The van der Waals surface area contributed by atoms with E-state index in [4.69, 9.17) is 14.5 Å². The Kier molecular flexibility index (Phi) is 8.36. The molecule has 2 aromatic heterocycles. The lowest BCUT2D eigenvalue weighted by molar-refractivity contribution is -0.125. The SMILES string of the molecule is CC(C)(C)OC(=O)N1CCCC1C(=O)NCc1ccc(-c2ccc3nc(C4CCCN4C(=O)OC(C)(C)C)[nH]c3c2)cn1. The van der Waals surface area contributed by atoms with Crippen LogP contribution in [0.3, 0.4) is 0 Å². The second-order valence-corrected chi connectivity index (χ2v) is 13.3. The minimum absolute atomic E-state index is 0.151. The highest BCUT2D eigenvalue weighted by Gasteiger charge is 2.37. The number of carbonyl (C=O) groups excluding carboxylic acids is 3. The van der Waals surface area contributed by atoms with E-state index >= 15 is 0 Å². The van der Waals surface area contributed by atoms with Crippen LogP contribution in [0.15, 0.2) is 36.5 Å². The molecule has 1 aromatic carbocycles. The summed E-state index contributed by atoms with van der Waals surface area (Å²) in [6.07, 6.45) is 4.09. The Labute approximate surface area is 252 Å². The average Bonchev–Trinajstić information content (AvgIpc) is 3.68. The van der Waals surface area contributed by atoms with E-state index in [0.29, 0.717) is 25.2 Å². The van der Waals surface area contributed by atoms with Crippen LogP contribution in [0.25, 0.3) is 22.2 Å². The van der Waals surface area contributed by atoms with Crippen LogP contribution in [0.1, 0.15) is 84.8 Å². The topological polar surface area (TPSA) is 130 Å². The lowest BCUT2D eigenvalue weighted by Crippen LogP contribution is -2.47. The van der Waals surface area contributed by atoms with Gasteiger partial charge in [-0.05, 0) is 91.0 Å². The fourth-order valence-electron chi connectivity index (χ4n) is 5.53. The van der Waals surface area contributed by atoms with Crippen LogP contribution in [0.4, 0.5) is 9.59 Å². The van der Waals surface area contributed by atoms with Crippen molar-refractivity contribution in [2.45, 2.75) is 97.1 Å². The Bertz CT molecular complexity index is 1490. The molecule has 0 aliphatic carbocycles.